The molecule has 0 amide bonds. The number of rotatable bonds is 11. The highest BCUT2D eigenvalue weighted by Crippen LogP contribution is 2.70. The molecular formula is C31H38O9S2. The van der Waals surface area contributed by atoms with Crippen LogP contribution in [0.2, 0.25) is 0 Å². The van der Waals surface area contributed by atoms with E-state index in [0.29, 0.717) is 26.2 Å². The quantitative estimate of drug-likeness (QED) is 0.228. The van der Waals surface area contributed by atoms with Gasteiger partial charge in [-0.15, -0.1) is 0 Å². The summed E-state index contributed by atoms with van der Waals surface area (Å²) in [5.41, 5.74) is -1.27. The molecule has 0 aliphatic carbocycles. The van der Waals surface area contributed by atoms with E-state index >= 15 is 0 Å². The van der Waals surface area contributed by atoms with Gasteiger partial charge in [0.15, 0.2) is 13.2 Å². The van der Waals surface area contributed by atoms with Gasteiger partial charge in [-0.25, -0.2) is 13.2 Å². The van der Waals surface area contributed by atoms with E-state index < -0.39 is 43.6 Å². The van der Waals surface area contributed by atoms with Crippen molar-refractivity contribution in [1.29, 1.82) is 0 Å². The topological polar surface area (TPSA) is 114 Å². The number of esters is 2. The Morgan fingerprint density at radius 2 is 0.952 bits per heavy atom. The zero-order chi connectivity index (χ0) is 31.2. The number of hydrogen-bond acceptors (Lipinski definition) is 9. The Morgan fingerprint density at radius 1 is 0.595 bits per heavy atom. The van der Waals surface area contributed by atoms with Gasteiger partial charge in [0.1, 0.15) is 22.7 Å². The molecule has 0 saturated carbocycles. The van der Waals surface area contributed by atoms with Crippen molar-refractivity contribution in [3.05, 3.63) is 78.9 Å². The summed E-state index contributed by atoms with van der Waals surface area (Å²) in [5.74, 6) is -0.220. The molecule has 9 nitrogen and oxygen atoms in total. The highest BCUT2D eigenvalue weighted by Gasteiger charge is 2.36. The van der Waals surface area contributed by atoms with Crippen molar-refractivity contribution in [1.82, 2.24) is 0 Å². The van der Waals surface area contributed by atoms with Crippen molar-refractivity contribution in [3.63, 3.8) is 0 Å². The first-order valence-electron chi connectivity index (χ1n) is 13.2. The third kappa shape index (κ3) is 9.78. The molecule has 0 spiro atoms. The Hall–Kier alpha value is -3.54. The maximum Gasteiger partial charge on any atom is 0.344 e. The standard InChI is InChI=1S/C31H38O9S2/c1-30(2,3)38-28(32)21-36-23-13-17-26(18-14-23)42(40-41(7,34)35,25-11-9-8-10-12-25)27-19-15-24(16-20-27)37-22-29(33)39-31(4,5)6/h8-20H,21-22H2,1-7H3. The number of hydrogen-bond donors (Lipinski definition) is 0. The zero-order valence-corrected chi connectivity index (χ0v) is 26.5. The molecule has 42 heavy (non-hydrogen) atoms. The van der Waals surface area contributed by atoms with Crippen LogP contribution in [0.4, 0.5) is 0 Å². The molecule has 0 bridgehead atoms. The molecular weight excluding hydrogens is 580 g/mol. The van der Waals surface area contributed by atoms with Crippen LogP contribution in [0, 0.1) is 0 Å². The fourth-order valence-corrected chi connectivity index (χ4v) is 8.63. The van der Waals surface area contributed by atoms with Gasteiger partial charge in [0.05, 0.1) is 6.26 Å². The first kappa shape index (κ1) is 33.0. The monoisotopic (exact) mass is 618 g/mol. The molecule has 3 aromatic rings. The van der Waals surface area contributed by atoms with Crippen molar-refractivity contribution >= 4 is 32.4 Å². The predicted molar refractivity (Wildman–Crippen MR) is 160 cm³/mol. The molecule has 0 saturated heterocycles. The van der Waals surface area contributed by atoms with Crippen LogP contribution in [0.3, 0.4) is 0 Å². The van der Waals surface area contributed by atoms with Gasteiger partial charge in [0, 0.05) is 14.7 Å². The van der Waals surface area contributed by atoms with Gasteiger partial charge in [-0.05, 0) is 113 Å². The third-order valence-corrected chi connectivity index (χ3v) is 9.78. The fourth-order valence-electron chi connectivity index (χ4n) is 3.81. The molecule has 0 N–H and O–H groups in total. The summed E-state index contributed by atoms with van der Waals surface area (Å²) in [6.45, 7) is 10.1. The average Bonchev–Trinajstić information content (AvgIpc) is 2.88. The summed E-state index contributed by atoms with van der Waals surface area (Å²) in [6, 6.07) is 22.5. The van der Waals surface area contributed by atoms with E-state index in [2.05, 4.69) is 0 Å². The van der Waals surface area contributed by atoms with Crippen LogP contribution in [0.25, 0.3) is 0 Å². The SMILES string of the molecule is CC(C)(C)OC(=O)COc1ccc(S(OS(C)(=O)=O)(c2ccccc2)c2ccc(OCC(=O)OC(C)(C)C)cc2)cc1. The molecule has 0 heterocycles. The molecule has 0 atom stereocenters. The lowest BCUT2D eigenvalue weighted by molar-refractivity contribution is -0.158. The summed E-state index contributed by atoms with van der Waals surface area (Å²) in [4.78, 5) is 26.0. The Kier molecular flexibility index (Phi) is 10.3. The minimum atomic E-state index is -3.97. The van der Waals surface area contributed by atoms with E-state index in [9.17, 15) is 18.0 Å². The second-order valence-corrected chi connectivity index (χ2v) is 15.8. The van der Waals surface area contributed by atoms with E-state index in [1.54, 1.807) is 114 Å². The molecule has 0 unspecified atom stereocenters. The Morgan fingerprint density at radius 3 is 1.29 bits per heavy atom. The molecule has 228 valence electrons. The molecule has 0 aromatic heterocycles. The van der Waals surface area contributed by atoms with Gasteiger partial charge >= 0.3 is 11.9 Å². The van der Waals surface area contributed by atoms with Crippen molar-refractivity contribution in [2.75, 3.05) is 19.5 Å². The molecule has 0 aliphatic rings. The van der Waals surface area contributed by atoms with Gasteiger partial charge in [-0.2, -0.15) is 8.42 Å². The van der Waals surface area contributed by atoms with Crippen LogP contribution in [-0.2, 0) is 32.8 Å². The van der Waals surface area contributed by atoms with E-state index in [1.165, 1.54) is 0 Å². The number of carbonyl (C=O) groups is 2. The Balaban J connectivity index is 1.98. The van der Waals surface area contributed by atoms with Crippen LogP contribution in [-0.4, -0.2) is 51.0 Å². The summed E-state index contributed by atoms with van der Waals surface area (Å²) >= 11 is 0. The zero-order valence-electron chi connectivity index (χ0n) is 24.9. The number of benzene rings is 3. The van der Waals surface area contributed by atoms with Crippen LogP contribution < -0.4 is 9.47 Å². The van der Waals surface area contributed by atoms with Crippen LogP contribution in [0.15, 0.2) is 93.5 Å². The van der Waals surface area contributed by atoms with Gasteiger partial charge < -0.3 is 18.9 Å². The summed E-state index contributed by atoms with van der Waals surface area (Å²) < 4.78 is 53.2. The maximum absolute atomic E-state index is 12.7. The highest BCUT2D eigenvalue weighted by atomic mass is 32.3. The average molecular weight is 619 g/mol. The highest BCUT2D eigenvalue weighted by molar-refractivity contribution is 8.33. The van der Waals surface area contributed by atoms with Crippen molar-refractivity contribution < 1.29 is 40.6 Å². The van der Waals surface area contributed by atoms with Crippen LogP contribution in [0.5, 0.6) is 11.5 Å². The lowest BCUT2D eigenvalue weighted by Gasteiger charge is -2.39. The summed E-state index contributed by atoms with van der Waals surface area (Å²) in [6.07, 6.45) is 1.01. The van der Waals surface area contributed by atoms with Gasteiger partial charge in [0.25, 0.3) is 10.1 Å². The third-order valence-electron chi connectivity index (χ3n) is 5.17. The lowest BCUT2D eigenvalue weighted by atomic mass is 10.2. The molecule has 11 heteroatoms. The first-order chi connectivity index (χ1) is 19.5. The number of ether oxygens (including phenoxy) is 4. The fraction of sp³-hybridized carbons (Fsp3) is 0.355. The molecule has 0 fully saturated rings. The molecule has 3 rings (SSSR count). The smallest absolute Gasteiger partial charge is 0.344 e. The van der Waals surface area contributed by atoms with Gasteiger partial charge in [-0.1, -0.05) is 18.2 Å². The summed E-state index contributed by atoms with van der Waals surface area (Å²) in [5, 5.41) is 0. The first-order valence-corrected chi connectivity index (χ1v) is 16.5. The van der Waals surface area contributed by atoms with E-state index in [1.807, 2.05) is 6.07 Å². The second kappa shape index (κ2) is 13.2. The van der Waals surface area contributed by atoms with Crippen LogP contribution in [0.1, 0.15) is 41.5 Å². The largest absolute Gasteiger partial charge is 0.482 e. The normalized spacial score (nSPS) is 12.7. The number of carbonyl (C=O) groups excluding carboxylic acids is 2. The van der Waals surface area contributed by atoms with E-state index in [-0.39, 0.29) is 13.2 Å². The van der Waals surface area contributed by atoms with Crippen LogP contribution >= 0.6 is 10.3 Å². The maximum atomic E-state index is 12.7. The molecule has 0 radical (unpaired) electrons. The lowest BCUT2D eigenvalue weighted by Crippen LogP contribution is -2.27. The Bertz CT molecular complexity index is 1380. The second-order valence-electron chi connectivity index (χ2n) is 11.3. The Labute approximate surface area is 249 Å². The minimum absolute atomic E-state index is 0.280. The molecule has 3 aromatic carbocycles. The minimum Gasteiger partial charge on any atom is -0.482 e. The molecule has 0 aliphatic heterocycles. The predicted octanol–water partition coefficient (Wildman–Crippen LogP) is 6.30. The van der Waals surface area contributed by atoms with Gasteiger partial charge in [-0.3, -0.25) is 0 Å². The van der Waals surface area contributed by atoms with Gasteiger partial charge in [0.2, 0.25) is 0 Å². The van der Waals surface area contributed by atoms with Crippen molar-refractivity contribution in [2.45, 2.75) is 67.4 Å². The van der Waals surface area contributed by atoms with Crippen molar-refractivity contribution in [3.8, 4) is 11.5 Å². The summed E-state index contributed by atoms with van der Waals surface area (Å²) in [7, 11) is -6.79. The van der Waals surface area contributed by atoms with Crippen molar-refractivity contribution in [2.24, 2.45) is 0 Å². The van der Waals surface area contributed by atoms with E-state index in [4.69, 9.17) is 22.6 Å². The van der Waals surface area contributed by atoms with E-state index in [0.717, 1.165) is 6.26 Å².